The van der Waals surface area contributed by atoms with E-state index >= 15 is 0 Å². The Morgan fingerprint density at radius 1 is 0.969 bits per heavy atom. The van der Waals surface area contributed by atoms with E-state index in [9.17, 15) is 4.79 Å². The summed E-state index contributed by atoms with van der Waals surface area (Å²) in [5.74, 6) is 1.14. The van der Waals surface area contributed by atoms with Crippen LogP contribution in [0, 0.1) is 6.92 Å². The zero-order valence-electron chi connectivity index (χ0n) is 16.7. The molecule has 5 nitrogen and oxygen atoms in total. The minimum atomic E-state index is -0.235. The maximum atomic E-state index is 13.0. The molecule has 1 aromatic heterocycles. The summed E-state index contributed by atoms with van der Waals surface area (Å²) >= 11 is 13.9. The first-order valence-electron chi connectivity index (χ1n) is 9.41. The molecule has 0 bridgehead atoms. The van der Waals surface area contributed by atoms with Crippen LogP contribution in [0.15, 0.2) is 82.4 Å². The smallest absolute Gasteiger partial charge is 0.282 e. The van der Waals surface area contributed by atoms with E-state index in [-0.39, 0.29) is 5.56 Å². The van der Waals surface area contributed by atoms with Crippen LogP contribution in [-0.4, -0.2) is 15.9 Å². The van der Waals surface area contributed by atoms with Gasteiger partial charge in [0.25, 0.3) is 5.56 Å². The fraction of sp³-hybridized carbons (Fsp3) is 0.0870. The number of aromatic nitrogens is 2. The summed E-state index contributed by atoms with van der Waals surface area (Å²) in [7, 11) is 0. The second-order valence-electron chi connectivity index (χ2n) is 6.89. The fourth-order valence-electron chi connectivity index (χ4n) is 3.06. The van der Waals surface area contributed by atoms with Gasteiger partial charge in [-0.3, -0.25) is 4.79 Å². The van der Waals surface area contributed by atoms with Crippen molar-refractivity contribution in [2.24, 2.45) is 5.10 Å². The predicted molar refractivity (Wildman–Crippen MR) is 142 cm³/mol. The summed E-state index contributed by atoms with van der Waals surface area (Å²) < 4.78 is 11.0. The molecule has 162 valence electrons. The normalized spacial score (nSPS) is 11.4. The van der Waals surface area contributed by atoms with Gasteiger partial charge < -0.3 is 4.74 Å². The molecule has 0 aliphatic rings. The van der Waals surface area contributed by atoms with Crippen molar-refractivity contribution < 1.29 is 4.74 Å². The maximum Gasteiger partial charge on any atom is 0.282 e. The van der Waals surface area contributed by atoms with Gasteiger partial charge >= 0.3 is 0 Å². The zero-order chi connectivity index (χ0) is 22.8. The van der Waals surface area contributed by atoms with Crippen molar-refractivity contribution in [3.8, 4) is 5.75 Å². The largest absolute Gasteiger partial charge is 0.488 e. The van der Waals surface area contributed by atoms with Crippen molar-refractivity contribution in [1.29, 1.82) is 0 Å². The number of hydrogen-bond donors (Lipinski definition) is 0. The van der Waals surface area contributed by atoms with Gasteiger partial charge in [-0.1, -0.05) is 69.8 Å². The summed E-state index contributed by atoms with van der Waals surface area (Å²) in [6.07, 6.45) is 1.61. The molecule has 4 rings (SSSR count). The predicted octanol–water partition coefficient (Wildman–Crippen LogP) is 7.22. The molecule has 4 aromatic rings. The number of halogens is 4. The molecule has 0 saturated carbocycles. The average molecular weight is 685 g/mol. The van der Waals surface area contributed by atoms with E-state index < -0.39 is 0 Å². The topological polar surface area (TPSA) is 56.5 Å². The molecule has 0 aliphatic heterocycles. The maximum absolute atomic E-state index is 13.0. The first-order chi connectivity index (χ1) is 15.3. The Labute approximate surface area is 218 Å². The summed E-state index contributed by atoms with van der Waals surface area (Å²) in [5, 5.41) is 4.92. The van der Waals surface area contributed by atoms with Crippen molar-refractivity contribution in [3.63, 3.8) is 0 Å². The highest BCUT2D eigenvalue weighted by Crippen LogP contribution is 2.26. The van der Waals surface area contributed by atoms with Crippen molar-refractivity contribution in [2.45, 2.75) is 13.5 Å². The molecular weight excluding hydrogens is 670 g/mol. The molecular formula is C23H15Br4N3O2. The summed E-state index contributed by atoms with van der Waals surface area (Å²) in [6, 6.07) is 17.0. The number of hydrogen-bond acceptors (Lipinski definition) is 4. The van der Waals surface area contributed by atoms with E-state index in [0.717, 1.165) is 29.0 Å². The van der Waals surface area contributed by atoms with Gasteiger partial charge in [-0.25, -0.2) is 4.98 Å². The van der Waals surface area contributed by atoms with Crippen LogP contribution in [0.25, 0.3) is 10.9 Å². The highest BCUT2D eigenvalue weighted by molar-refractivity contribution is 9.11. The monoisotopic (exact) mass is 681 g/mol. The highest BCUT2D eigenvalue weighted by atomic mass is 79.9. The van der Waals surface area contributed by atoms with Crippen LogP contribution < -0.4 is 10.3 Å². The Bertz CT molecular complexity index is 1420. The van der Waals surface area contributed by atoms with Gasteiger partial charge in [0.05, 0.1) is 17.1 Å². The van der Waals surface area contributed by atoms with Gasteiger partial charge in [0.1, 0.15) is 18.2 Å². The van der Waals surface area contributed by atoms with Gasteiger partial charge in [-0.2, -0.15) is 9.78 Å². The number of benzene rings is 3. The molecule has 0 saturated heterocycles. The van der Waals surface area contributed by atoms with E-state index in [0.29, 0.717) is 29.1 Å². The fourth-order valence-corrected chi connectivity index (χ4v) is 4.96. The third-order valence-electron chi connectivity index (χ3n) is 4.65. The molecule has 0 amide bonds. The minimum Gasteiger partial charge on any atom is -0.488 e. The van der Waals surface area contributed by atoms with E-state index in [1.165, 1.54) is 4.68 Å². The summed E-state index contributed by atoms with van der Waals surface area (Å²) in [4.78, 5) is 17.5. The van der Waals surface area contributed by atoms with Crippen LogP contribution in [0.1, 0.15) is 17.0 Å². The standard InChI is InChI=1S/C23H15Br4N3O2/c1-13-29-21-6-4-17(25)9-19(21)23(31)30(13)28-11-15-8-16(24)5-7-22(15)32-12-14-2-3-18(26)10-20(14)27/h2-11H,12H2,1H3. The first-order valence-corrected chi connectivity index (χ1v) is 12.6. The van der Waals surface area contributed by atoms with Gasteiger partial charge in [0.15, 0.2) is 0 Å². The average Bonchev–Trinajstić information content (AvgIpc) is 2.74. The lowest BCUT2D eigenvalue weighted by molar-refractivity contribution is 0.305. The molecule has 1 heterocycles. The number of rotatable bonds is 5. The van der Waals surface area contributed by atoms with Crippen molar-refractivity contribution >= 4 is 80.8 Å². The third-order valence-corrected chi connectivity index (χ3v) is 6.87. The summed E-state index contributed by atoms with van der Waals surface area (Å²) in [6.45, 7) is 2.13. The van der Waals surface area contributed by atoms with Crippen LogP contribution in [0.4, 0.5) is 0 Å². The van der Waals surface area contributed by atoms with Gasteiger partial charge in [-0.15, -0.1) is 0 Å². The number of nitrogens with zero attached hydrogens (tertiary/aromatic N) is 3. The molecule has 9 heteroatoms. The van der Waals surface area contributed by atoms with Crippen molar-refractivity contribution in [2.75, 3.05) is 0 Å². The highest BCUT2D eigenvalue weighted by Gasteiger charge is 2.10. The van der Waals surface area contributed by atoms with Gasteiger partial charge in [-0.05, 0) is 55.5 Å². The lowest BCUT2D eigenvalue weighted by Gasteiger charge is -2.11. The minimum absolute atomic E-state index is 0.235. The lowest BCUT2D eigenvalue weighted by atomic mass is 10.2. The SMILES string of the molecule is Cc1nc2ccc(Br)cc2c(=O)n1N=Cc1cc(Br)ccc1OCc1ccc(Br)cc1Br. The molecule has 0 N–H and O–H groups in total. The quantitative estimate of drug-likeness (QED) is 0.209. The Hall–Kier alpha value is -1.81. The zero-order valence-corrected chi connectivity index (χ0v) is 23.0. The Balaban J connectivity index is 1.67. The Kier molecular flexibility index (Phi) is 7.29. The molecule has 0 aliphatic carbocycles. The molecule has 0 fully saturated rings. The second-order valence-corrected chi connectivity index (χ2v) is 10.5. The molecule has 3 aromatic carbocycles. The summed E-state index contributed by atoms with van der Waals surface area (Å²) in [5.41, 5.74) is 2.14. The first kappa shape index (κ1) is 23.4. The molecule has 0 atom stereocenters. The van der Waals surface area contributed by atoms with Gasteiger partial charge in [0.2, 0.25) is 0 Å². The number of fused-ring (bicyclic) bond motifs is 1. The van der Waals surface area contributed by atoms with Crippen LogP contribution in [0.5, 0.6) is 5.75 Å². The van der Waals surface area contributed by atoms with E-state index in [1.54, 1.807) is 19.2 Å². The van der Waals surface area contributed by atoms with E-state index in [4.69, 9.17) is 4.74 Å². The molecule has 0 unspecified atom stereocenters. The van der Waals surface area contributed by atoms with Gasteiger partial charge in [0, 0.05) is 29.0 Å². The number of aryl methyl sites for hydroxylation is 1. The second kappa shape index (κ2) is 9.99. The molecule has 0 spiro atoms. The van der Waals surface area contributed by atoms with Crippen LogP contribution in [-0.2, 0) is 6.61 Å². The third kappa shape index (κ3) is 5.22. The van der Waals surface area contributed by atoms with Crippen LogP contribution >= 0.6 is 63.7 Å². The van der Waals surface area contributed by atoms with Crippen molar-refractivity contribution in [3.05, 3.63) is 99.8 Å². The Morgan fingerprint density at radius 2 is 1.66 bits per heavy atom. The molecule has 32 heavy (non-hydrogen) atoms. The number of ether oxygens (including phenoxy) is 1. The van der Waals surface area contributed by atoms with Crippen molar-refractivity contribution in [1.82, 2.24) is 9.66 Å². The van der Waals surface area contributed by atoms with Crippen LogP contribution in [0.2, 0.25) is 0 Å². The molecule has 0 radical (unpaired) electrons. The lowest BCUT2D eigenvalue weighted by Crippen LogP contribution is -2.20. The Morgan fingerprint density at radius 3 is 2.44 bits per heavy atom. The van der Waals surface area contributed by atoms with E-state index in [1.807, 2.05) is 48.5 Å². The van der Waals surface area contributed by atoms with E-state index in [2.05, 4.69) is 73.8 Å². The van der Waals surface area contributed by atoms with Crippen LogP contribution in [0.3, 0.4) is 0 Å².